The average Bonchev–Trinajstić information content (AvgIpc) is 2.27. The van der Waals surface area contributed by atoms with Crippen LogP contribution in [-0.2, 0) is 0 Å². The summed E-state index contributed by atoms with van der Waals surface area (Å²) in [6, 6.07) is 9.62. The van der Waals surface area contributed by atoms with E-state index in [-0.39, 0.29) is 0 Å². The van der Waals surface area contributed by atoms with E-state index >= 15 is 0 Å². The molecule has 0 heterocycles. The van der Waals surface area contributed by atoms with E-state index in [1.165, 1.54) is 6.07 Å². The lowest BCUT2D eigenvalue weighted by Crippen LogP contribution is -2.26. The molecule has 0 saturated carbocycles. The third-order valence-electron chi connectivity index (χ3n) is 1.85. The van der Waals surface area contributed by atoms with Gasteiger partial charge in [-0.3, -0.25) is 0 Å². The summed E-state index contributed by atoms with van der Waals surface area (Å²) >= 11 is 0. The lowest BCUT2D eigenvalue weighted by atomic mass is 10.1. The number of allylic oxidation sites excluding steroid dienone is 1. The van der Waals surface area contributed by atoms with Gasteiger partial charge >= 0.3 is 5.92 Å². The Labute approximate surface area is 92.6 Å². The van der Waals surface area contributed by atoms with Crippen molar-refractivity contribution in [3.8, 4) is 6.07 Å². The van der Waals surface area contributed by atoms with E-state index in [4.69, 9.17) is 5.26 Å². The van der Waals surface area contributed by atoms with Crippen molar-refractivity contribution in [2.45, 2.75) is 12.3 Å². The molecule has 4 heteroatoms. The van der Waals surface area contributed by atoms with Crippen molar-refractivity contribution in [1.29, 1.82) is 5.26 Å². The second-order valence-electron chi connectivity index (χ2n) is 3.11. The van der Waals surface area contributed by atoms with Gasteiger partial charge < -0.3 is 0 Å². The number of benzene rings is 1. The van der Waals surface area contributed by atoms with Gasteiger partial charge in [-0.1, -0.05) is 24.3 Å². The Hall–Kier alpha value is -2.02. The number of halogens is 2. The monoisotopic (exact) mass is 220 g/mol. The first-order chi connectivity index (χ1) is 7.60. The summed E-state index contributed by atoms with van der Waals surface area (Å²) in [5.74, 6) is -3.26. The maximum absolute atomic E-state index is 13.3. The van der Waals surface area contributed by atoms with Crippen LogP contribution in [-0.4, -0.2) is 11.6 Å². The fourth-order valence-corrected chi connectivity index (χ4v) is 1.10. The highest BCUT2D eigenvalue weighted by Gasteiger charge is 2.34. The van der Waals surface area contributed by atoms with Crippen molar-refractivity contribution in [2.75, 3.05) is 0 Å². The SMILES string of the molecule is C=CCC(F)(F)C(C#N)=Nc1ccccc1. The van der Waals surface area contributed by atoms with Crippen molar-refractivity contribution in [2.24, 2.45) is 4.99 Å². The minimum atomic E-state index is -3.26. The Morgan fingerprint density at radius 3 is 2.56 bits per heavy atom. The van der Waals surface area contributed by atoms with Crippen LogP contribution < -0.4 is 0 Å². The molecule has 0 atom stereocenters. The highest BCUT2D eigenvalue weighted by Crippen LogP contribution is 2.23. The molecule has 2 nitrogen and oxygen atoms in total. The Bertz CT molecular complexity index is 430. The first kappa shape index (κ1) is 12.1. The number of hydrogen-bond acceptors (Lipinski definition) is 2. The van der Waals surface area contributed by atoms with E-state index in [0.29, 0.717) is 5.69 Å². The second-order valence-corrected chi connectivity index (χ2v) is 3.11. The molecule has 0 aliphatic carbocycles. The molecule has 0 spiro atoms. The van der Waals surface area contributed by atoms with Crippen LogP contribution in [0.2, 0.25) is 0 Å². The normalized spacial score (nSPS) is 11.9. The van der Waals surface area contributed by atoms with Crippen molar-refractivity contribution >= 4 is 11.4 Å². The highest BCUT2D eigenvalue weighted by molar-refractivity contribution is 6.05. The number of aliphatic imine (C=N–C) groups is 1. The first-order valence-corrected chi connectivity index (χ1v) is 4.63. The van der Waals surface area contributed by atoms with Gasteiger partial charge in [0.25, 0.3) is 0 Å². The maximum Gasteiger partial charge on any atom is 0.302 e. The predicted octanol–water partition coefficient (Wildman–Crippen LogP) is 3.49. The minimum absolute atomic E-state index is 0.336. The van der Waals surface area contributed by atoms with Gasteiger partial charge in [0.2, 0.25) is 0 Å². The molecule has 0 saturated heterocycles. The number of hydrogen-bond donors (Lipinski definition) is 0. The van der Waals surface area contributed by atoms with Crippen LogP contribution in [0.4, 0.5) is 14.5 Å². The Morgan fingerprint density at radius 1 is 1.44 bits per heavy atom. The zero-order valence-electron chi connectivity index (χ0n) is 8.53. The molecule has 1 rings (SSSR count). The molecular formula is C12H10F2N2. The van der Waals surface area contributed by atoms with E-state index in [1.54, 1.807) is 30.3 Å². The topological polar surface area (TPSA) is 36.1 Å². The van der Waals surface area contributed by atoms with Gasteiger partial charge in [-0.15, -0.1) is 6.58 Å². The first-order valence-electron chi connectivity index (χ1n) is 4.63. The van der Waals surface area contributed by atoms with Gasteiger partial charge in [-0.25, -0.2) is 4.99 Å². The zero-order chi connectivity index (χ0) is 12.0. The van der Waals surface area contributed by atoms with Gasteiger partial charge in [0.05, 0.1) is 5.69 Å². The quantitative estimate of drug-likeness (QED) is 0.565. The molecule has 0 unspecified atom stereocenters. The Morgan fingerprint density at radius 2 is 2.06 bits per heavy atom. The fourth-order valence-electron chi connectivity index (χ4n) is 1.10. The smallest absolute Gasteiger partial charge is 0.236 e. The van der Waals surface area contributed by atoms with Gasteiger partial charge in [-0.2, -0.15) is 14.0 Å². The fraction of sp³-hybridized carbons (Fsp3) is 0.167. The molecule has 0 fully saturated rings. The van der Waals surface area contributed by atoms with Crippen LogP contribution in [0.3, 0.4) is 0 Å². The Balaban J connectivity index is 3.04. The molecule has 1 aromatic rings. The number of para-hydroxylation sites is 1. The number of rotatable bonds is 4. The van der Waals surface area contributed by atoms with Gasteiger partial charge in [-0.05, 0) is 12.1 Å². The summed E-state index contributed by atoms with van der Waals surface area (Å²) in [5.41, 5.74) is -0.457. The maximum atomic E-state index is 13.3. The molecule has 0 N–H and O–H groups in total. The van der Waals surface area contributed by atoms with E-state index < -0.39 is 18.1 Å². The second kappa shape index (κ2) is 5.17. The van der Waals surface area contributed by atoms with E-state index in [0.717, 1.165) is 6.08 Å². The standard InChI is InChI=1S/C12H10F2N2/c1-2-8-12(13,14)11(9-15)16-10-6-4-3-5-7-10/h2-7H,1,8H2. The molecule has 0 amide bonds. The van der Waals surface area contributed by atoms with Gasteiger partial charge in [0.15, 0.2) is 5.71 Å². The van der Waals surface area contributed by atoms with Crippen LogP contribution in [0.5, 0.6) is 0 Å². The number of nitrogens with zero attached hydrogens (tertiary/aromatic N) is 2. The molecule has 0 aromatic heterocycles. The zero-order valence-corrected chi connectivity index (χ0v) is 8.53. The van der Waals surface area contributed by atoms with E-state index in [1.807, 2.05) is 0 Å². The number of alkyl halides is 2. The number of nitriles is 1. The lowest BCUT2D eigenvalue weighted by Gasteiger charge is -2.11. The average molecular weight is 220 g/mol. The van der Waals surface area contributed by atoms with Crippen molar-refractivity contribution in [3.63, 3.8) is 0 Å². The molecule has 1 aromatic carbocycles. The third-order valence-corrected chi connectivity index (χ3v) is 1.85. The Kier molecular flexibility index (Phi) is 3.90. The molecule has 16 heavy (non-hydrogen) atoms. The molecule has 0 bridgehead atoms. The van der Waals surface area contributed by atoms with Crippen molar-refractivity contribution < 1.29 is 8.78 Å². The third kappa shape index (κ3) is 2.99. The van der Waals surface area contributed by atoms with E-state index in [2.05, 4.69) is 11.6 Å². The van der Waals surface area contributed by atoms with Crippen LogP contribution in [0.25, 0.3) is 0 Å². The molecule has 82 valence electrons. The summed E-state index contributed by atoms with van der Waals surface area (Å²) in [6.45, 7) is 3.23. The largest absolute Gasteiger partial charge is 0.302 e. The van der Waals surface area contributed by atoms with Gasteiger partial charge in [0, 0.05) is 6.42 Å². The molecular weight excluding hydrogens is 210 g/mol. The summed E-state index contributed by atoms with van der Waals surface area (Å²) in [7, 11) is 0. The van der Waals surface area contributed by atoms with Crippen LogP contribution in [0.1, 0.15) is 6.42 Å². The summed E-state index contributed by atoms with van der Waals surface area (Å²) < 4.78 is 26.7. The van der Waals surface area contributed by atoms with E-state index in [9.17, 15) is 8.78 Å². The van der Waals surface area contributed by atoms with Gasteiger partial charge in [0.1, 0.15) is 6.07 Å². The molecule has 0 radical (unpaired) electrons. The predicted molar refractivity (Wildman–Crippen MR) is 58.9 cm³/mol. The van der Waals surface area contributed by atoms with Crippen LogP contribution in [0.15, 0.2) is 48.0 Å². The lowest BCUT2D eigenvalue weighted by molar-refractivity contribution is 0.0834. The minimum Gasteiger partial charge on any atom is -0.236 e. The summed E-state index contributed by atoms with van der Waals surface area (Å²) in [6.07, 6.45) is 0.476. The summed E-state index contributed by atoms with van der Waals surface area (Å²) in [5, 5.41) is 8.65. The van der Waals surface area contributed by atoms with Crippen LogP contribution >= 0.6 is 0 Å². The molecule has 0 aliphatic heterocycles. The summed E-state index contributed by atoms with van der Waals surface area (Å²) in [4.78, 5) is 3.63. The highest BCUT2D eigenvalue weighted by atomic mass is 19.3. The van der Waals surface area contributed by atoms with Crippen molar-refractivity contribution in [3.05, 3.63) is 43.0 Å². The van der Waals surface area contributed by atoms with Crippen molar-refractivity contribution in [1.82, 2.24) is 0 Å². The van der Waals surface area contributed by atoms with Crippen LogP contribution in [0, 0.1) is 11.3 Å². The molecule has 0 aliphatic rings.